The third kappa shape index (κ3) is 3.75. The molecule has 2 N–H and O–H groups in total. The number of anilines is 2. The van der Waals surface area contributed by atoms with E-state index in [9.17, 15) is 8.42 Å². The van der Waals surface area contributed by atoms with Gasteiger partial charge in [0.15, 0.2) is 0 Å². The molecule has 1 heterocycles. The highest BCUT2D eigenvalue weighted by Crippen LogP contribution is 2.50. The van der Waals surface area contributed by atoms with Crippen molar-refractivity contribution < 1.29 is 13.2 Å². The maximum absolute atomic E-state index is 13.1. The second-order valence-corrected chi connectivity index (χ2v) is 10.2. The summed E-state index contributed by atoms with van der Waals surface area (Å²) in [6, 6.07) is 21.1. The first-order chi connectivity index (χ1) is 15.4. The van der Waals surface area contributed by atoms with Gasteiger partial charge in [-0.05, 0) is 60.7 Å². The molecule has 1 aliphatic carbocycles. The van der Waals surface area contributed by atoms with E-state index in [1.165, 1.54) is 11.1 Å². The van der Waals surface area contributed by atoms with Gasteiger partial charge in [-0.3, -0.25) is 4.72 Å². The summed E-state index contributed by atoms with van der Waals surface area (Å²) in [5, 5.41) is 3.68. The molecule has 0 aromatic heterocycles. The van der Waals surface area contributed by atoms with E-state index in [2.05, 4.69) is 53.4 Å². The highest BCUT2D eigenvalue weighted by atomic mass is 32.2. The summed E-state index contributed by atoms with van der Waals surface area (Å²) in [7, 11) is -2.17. The molecule has 5 nitrogen and oxygen atoms in total. The Kier molecular flexibility index (Phi) is 5.18. The standard InChI is InChI=1S/C26H26N2O3S/c1-17-6-3-7-18(14-17)26-23-11-5-10-22(23)24-16-21(12-13-25(24)27-26)32(29,30)28-19-8-4-9-20(15-19)31-2/h3-10,12-16,22-23,26-28H,11H2,1-2H3/t22-,23-,26-/m1/s1. The molecule has 5 rings (SSSR count). The summed E-state index contributed by atoms with van der Waals surface area (Å²) in [6.07, 6.45) is 5.40. The van der Waals surface area contributed by atoms with E-state index in [1.54, 1.807) is 37.4 Å². The maximum atomic E-state index is 13.1. The zero-order valence-electron chi connectivity index (χ0n) is 18.1. The van der Waals surface area contributed by atoms with Gasteiger partial charge in [-0.1, -0.05) is 48.0 Å². The minimum absolute atomic E-state index is 0.184. The molecule has 0 bridgehead atoms. The van der Waals surface area contributed by atoms with Crippen molar-refractivity contribution in [2.45, 2.75) is 30.2 Å². The normalized spacial score (nSPS) is 21.4. The van der Waals surface area contributed by atoms with E-state index in [1.807, 2.05) is 12.1 Å². The van der Waals surface area contributed by atoms with Crippen LogP contribution in [0.4, 0.5) is 11.4 Å². The van der Waals surface area contributed by atoms with Gasteiger partial charge in [-0.2, -0.15) is 0 Å². The van der Waals surface area contributed by atoms with Crippen LogP contribution in [0.5, 0.6) is 5.75 Å². The topological polar surface area (TPSA) is 67.4 Å². The lowest BCUT2D eigenvalue weighted by molar-refractivity contribution is 0.415. The fraction of sp³-hybridized carbons (Fsp3) is 0.231. The number of allylic oxidation sites excluding steroid dienone is 2. The summed E-state index contributed by atoms with van der Waals surface area (Å²) in [5.41, 5.74) is 5.00. The molecule has 0 radical (unpaired) electrons. The summed E-state index contributed by atoms with van der Waals surface area (Å²) in [4.78, 5) is 0.258. The number of methoxy groups -OCH3 is 1. The van der Waals surface area contributed by atoms with Crippen molar-refractivity contribution >= 4 is 21.4 Å². The van der Waals surface area contributed by atoms with Crippen LogP contribution in [0.2, 0.25) is 0 Å². The Balaban J connectivity index is 1.48. The van der Waals surface area contributed by atoms with Gasteiger partial charge in [0.05, 0.1) is 23.7 Å². The first-order valence-corrected chi connectivity index (χ1v) is 12.2. The molecule has 0 saturated carbocycles. The fourth-order valence-electron chi connectivity index (χ4n) is 4.83. The number of rotatable bonds is 5. The van der Waals surface area contributed by atoms with Crippen LogP contribution in [0.15, 0.2) is 83.8 Å². The molecule has 0 fully saturated rings. The number of ether oxygens (including phenoxy) is 1. The minimum Gasteiger partial charge on any atom is -0.497 e. The van der Waals surface area contributed by atoms with Crippen molar-refractivity contribution in [3.8, 4) is 5.75 Å². The Morgan fingerprint density at radius 2 is 1.88 bits per heavy atom. The average molecular weight is 447 g/mol. The lowest BCUT2D eigenvalue weighted by Gasteiger charge is -2.37. The fourth-order valence-corrected chi connectivity index (χ4v) is 5.92. The first-order valence-electron chi connectivity index (χ1n) is 10.8. The summed E-state index contributed by atoms with van der Waals surface area (Å²) in [6.45, 7) is 2.11. The van der Waals surface area contributed by atoms with Crippen LogP contribution in [0.1, 0.15) is 35.1 Å². The van der Waals surface area contributed by atoms with Crippen molar-refractivity contribution in [2.75, 3.05) is 17.1 Å². The molecular formula is C26H26N2O3S. The smallest absolute Gasteiger partial charge is 0.261 e. The zero-order valence-corrected chi connectivity index (χ0v) is 18.9. The third-order valence-corrected chi connectivity index (χ3v) is 7.75. The number of aryl methyl sites for hydroxylation is 1. The van der Waals surface area contributed by atoms with Gasteiger partial charge < -0.3 is 10.1 Å². The molecule has 32 heavy (non-hydrogen) atoms. The summed E-state index contributed by atoms with van der Waals surface area (Å²) < 4.78 is 34.1. The molecular weight excluding hydrogens is 420 g/mol. The van der Waals surface area contributed by atoms with Crippen molar-refractivity contribution in [3.63, 3.8) is 0 Å². The van der Waals surface area contributed by atoms with Crippen molar-refractivity contribution in [1.82, 2.24) is 0 Å². The third-order valence-electron chi connectivity index (χ3n) is 6.37. The predicted molar refractivity (Wildman–Crippen MR) is 128 cm³/mol. The second-order valence-electron chi connectivity index (χ2n) is 8.48. The summed E-state index contributed by atoms with van der Waals surface area (Å²) in [5.74, 6) is 1.14. The summed E-state index contributed by atoms with van der Waals surface area (Å²) >= 11 is 0. The van der Waals surface area contributed by atoms with E-state index < -0.39 is 10.0 Å². The van der Waals surface area contributed by atoms with Gasteiger partial charge in [0.2, 0.25) is 0 Å². The van der Waals surface area contributed by atoms with Crippen LogP contribution in [-0.4, -0.2) is 15.5 Å². The molecule has 3 aromatic carbocycles. The quantitative estimate of drug-likeness (QED) is 0.499. The highest BCUT2D eigenvalue weighted by molar-refractivity contribution is 7.92. The number of fused-ring (bicyclic) bond motifs is 3. The van der Waals surface area contributed by atoms with E-state index >= 15 is 0 Å². The number of nitrogens with one attached hydrogen (secondary N) is 2. The molecule has 0 saturated heterocycles. The van der Waals surface area contributed by atoms with Crippen LogP contribution < -0.4 is 14.8 Å². The van der Waals surface area contributed by atoms with Gasteiger partial charge in [0, 0.05) is 17.7 Å². The van der Waals surface area contributed by atoms with Crippen LogP contribution in [-0.2, 0) is 10.0 Å². The van der Waals surface area contributed by atoms with Gasteiger partial charge in [-0.25, -0.2) is 8.42 Å². The minimum atomic E-state index is -3.73. The van der Waals surface area contributed by atoms with Gasteiger partial charge in [0.1, 0.15) is 5.75 Å². The van der Waals surface area contributed by atoms with Crippen LogP contribution >= 0.6 is 0 Å². The number of benzene rings is 3. The SMILES string of the molecule is COc1cccc(NS(=O)(=O)c2ccc3c(c2)[C@@H]2C=CC[C@H]2[C@@H](c2cccc(C)c2)N3)c1. The Labute approximate surface area is 189 Å². The molecule has 3 atom stereocenters. The lowest BCUT2D eigenvalue weighted by Crippen LogP contribution is -2.29. The molecule has 3 aromatic rings. The molecule has 0 spiro atoms. The molecule has 2 aliphatic rings. The zero-order chi connectivity index (χ0) is 22.3. The number of sulfonamides is 1. The van der Waals surface area contributed by atoms with Crippen LogP contribution in [0, 0.1) is 12.8 Å². The number of hydrogen-bond donors (Lipinski definition) is 2. The molecule has 0 unspecified atom stereocenters. The van der Waals surface area contributed by atoms with Crippen molar-refractivity contribution in [2.24, 2.45) is 5.92 Å². The second kappa shape index (κ2) is 8.02. The van der Waals surface area contributed by atoms with E-state index in [0.717, 1.165) is 17.7 Å². The van der Waals surface area contributed by atoms with Crippen LogP contribution in [0.3, 0.4) is 0 Å². The Hall–Kier alpha value is -3.25. The largest absolute Gasteiger partial charge is 0.497 e. The number of hydrogen-bond acceptors (Lipinski definition) is 4. The Morgan fingerprint density at radius 3 is 2.69 bits per heavy atom. The molecule has 0 amide bonds. The highest BCUT2D eigenvalue weighted by Gasteiger charge is 2.38. The van der Waals surface area contributed by atoms with Gasteiger partial charge in [-0.15, -0.1) is 0 Å². The molecule has 6 heteroatoms. The predicted octanol–water partition coefficient (Wildman–Crippen LogP) is 5.63. The van der Waals surface area contributed by atoms with Crippen molar-refractivity contribution in [3.05, 3.63) is 95.6 Å². The van der Waals surface area contributed by atoms with E-state index in [-0.39, 0.29) is 16.9 Å². The molecule has 1 aliphatic heterocycles. The maximum Gasteiger partial charge on any atom is 0.261 e. The van der Waals surface area contributed by atoms with Gasteiger partial charge in [0.25, 0.3) is 10.0 Å². The van der Waals surface area contributed by atoms with E-state index in [4.69, 9.17) is 4.74 Å². The Bertz CT molecular complexity index is 1300. The molecule has 164 valence electrons. The monoisotopic (exact) mass is 446 g/mol. The average Bonchev–Trinajstić information content (AvgIpc) is 3.28. The lowest BCUT2D eigenvalue weighted by atomic mass is 9.77. The van der Waals surface area contributed by atoms with Crippen molar-refractivity contribution in [1.29, 1.82) is 0 Å². The van der Waals surface area contributed by atoms with E-state index in [0.29, 0.717) is 17.4 Å². The first kappa shape index (κ1) is 20.6. The van der Waals surface area contributed by atoms with Crippen LogP contribution in [0.25, 0.3) is 0 Å². The Morgan fingerprint density at radius 1 is 1.03 bits per heavy atom. The van der Waals surface area contributed by atoms with Gasteiger partial charge >= 0.3 is 0 Å².